The van der Waals surface area contributed by atoms with Gasteiger partial charge in [-0.15, -0.1) is 6.42 Å². The number of methoxy groups -OCH3 is 1. The highest BCUT2D eigenvalue weighted by molar-refractivity contribution is 5.68. The van der Waals surface area contributed by atoms with Crippen LogP contribution in [0, 0.1) is 12.3 Å². The van der Waals surface area contributed by atoms with Gasteiger partial charge in [0.25, 0.3) is 0 Å². The number of rotatable bonds is 4. The summed E-state index contributed by atoms with van der Waals surface area (Å²) in [5.74, 6) is 2.90. The standard InChI is InChI=1S/C18H16O3/c1-4-18(21-14(2)19,15-8-6-5-7-9-15)16-10-12-17(20-3)13-11-16/h1,5-13H,2-3H3/t18-/m0/s1. The number of terminal acetylenes is 1. The van der Waals surface area contributed by atoms with Crippen LogP contribution in [0.5, 0.6) is 5.75 Å². The molecule has 0 aromatic heterocycles. The molecule has 2 rings (SSSR count). The lowest BCUT2D eigenvalue weighted by Crippen LogP contribution is -2.31. The van der Waals surface area contributed by atoms with E-state index >= 15 is 0 Å². The zero-order valence-corrected chi connectivity index (χ0v) is 12.0. The van der Waals surface area contributed by atoms with Crippen molar-refractivity contribution in [3.05, 3.63) is 65.7 Å². The van der Waals surface area contributed by atoms with E-state index in [9.17, 15) is 4.79 Å². The number of hydrogen-bond acceptors (Lipinski definition) is 3. The molecule has 0 fully saturated rings. The van der Waals surface area contributed by atoms with Crippen LogP contribution in [0.2, 0.25) is 0 Å². The second kappa shape index (κ2) is 6.15. The van der Waals surface area contributed by atoms with Crippen LogP contribution in [0.25, 0.3) is 0 Å². The molecule has 2 aromatic rings. The molecule has 21 heavy (non-hydrogen) atoms. The van der Waals surface area contributed by atoms with Crippen LogP contribution in [0.3, 0.4) is 0 Å². The highest BCUT2D eigenvalue weighted by atomic mass is 16.6. The molecule has 0 aliphatic rings. The number of carbonyl (C=O) groups excluding carboxylic acids is 1. The van der Waals surface area contributed by atoms with Crippen LogP contribution in [0.4, 0.5) is 0 Å². The van der Waals surface area contributed by atoms with Gasteiger partial charge in [0.2, 0.25) is 5.60 Å². The van der Waals surface area contributed by atoms with Crippen molar-refractivity contribution in [3.63, 3.8) is 0 Å². The number of ether oxygens (including phenoxy) is 2. The molecule has 0 aliphatic carbocycles. The molecule has 0 unspecified atom stereocenters. The summed E-state index contributed by atoms with van der Waals surface area (Å²) in [5, 5.41) is 0. The minimum absolute atomic E-state index is 0.437. The molecule has 0 saturated carbocycles. The molecule has 0 amide bonds. The summed E-state index contributed by atoms with van der Waals surface area (Å²) in [5.41, 5.74) is 0.194. The molecular formula is C18H16O3. The van der Waals surface area contributed by atoms with Gasteiger partial charge in [-0.2, -0.15) is 0 Å². The van der Waals surface area contributed by atoms with Gasteiger partial charge in [0, 0.05) is 18.1 Å². The largest absolute Gasteiger partial charge is 0.497 e. The van der Waals surface area contributed by atoms with Crippen LogP contribution < -0.4 is 4.74 Å². The van der Waals surface area contributed by atoms with E-state index in [2.05, 4.69) is 5.92 Å². The van der Waals surface area contributed by atoms with Crippen molar-refractivity contribution >= 4 is 5.97 Å². The molecule has 0 N–H and O–H groups in total. The molecule has 0 saturated heterocycles. The van der Waals surface area contributed by atoms with Gasteiger partial charge in [0.1, 0.15) is 5.75 Å². The first-order valence-electron chi connectivity index (χ1n) is 6.50. The third kappa shape index (κ3) is 2.90. The summed E-state index contributed by atoms with van der Waals surface area (Å²) in [6, 6.07) is 16.4. The first-order valence-corrected chi connectivity index (χ1v) is 6.50. The monoisotopic (exact) mass is 280 g/mol. The average Bonchev–Trinajstić information content (AvgIpc) is 2.53. The van der Waals surface area contributed by atoms with Crippen molar-refractivity contribution in [1.82, 2.24) is 0 Å². The van der Waals surface area contributed by atoms with E-state index in [4.69, 9.17) is 15.9 Å². The summed E-state index contributed by atoms with van der Waals surface area (Å²) in [7, 11) is 1.59. The van der Waals surface area contributed by atoms with Crippen molar-refractivity contribution in [1.29, 1.82) is 0 Å². The summed E-state index contributed by atoms with van der Waals surface area (Å²) < 4.78 is 10.7. The fourth-order valence-corrected chi connectivity index (χ4v) is 2.19. The molecule has 0 spiro atoms. The lowest BCUT2D eigenvalue weighted by atomic mass is 9.86. The smallest absolute Gasteiger partial charge is 0.304 e. The van der Waals surface area contributed by atoms with E-state index in [1.807, 2.05) is 30.3 Å². The van der Waals surface area contributed by atoms with Gasteiger partial charge in [-0.1, -0.05) is 30.3 Å². The highest BCUT2D eigenvalue weighted by Crippen LogP contribution is 2.34. The van der Waals surface area contributed by atoms with E-state index in [0.717, 1.165) is 5.56 Å². The fraction of sp³-hybridized carbons (Fsp3) is 0.167. The second-order valence-electron chi connectivity index (χ2n) is 4.51. The molecular weight excluding hydrogens is 264 g/mol. The van der Waals surface area contributed by atoms with E-state index in [1.54, 1.807) is 31.4 Å². The highest BCUT2D eigenvalue weighted by Gasteiger charge is 2.35. The van der Waals surface area contributed by atoms with Crippen LogP contribution in [0.1, 0.15) is 18.1 Å². The van der Waals surface area contributed by atoms with Gasteiger partial charge in [-0.05, 0) is 30.2 Å². The lowest BCUT2D eigenvalue weighted by molar-refractivity contribution is -0.149. The predicted molar refractivity (Wildman–Crippen MR) is 80.8 cm³/mol. The Bertz CT molecular complexity index is 653. The molecule has 2 aromatic carbocycles. The third-order valence-electron chi connectivity index (χ3n) is 3.18. The molecule has 0 heterocycles. The van der Waals surface area contributed by atoms with Crippen LogP contribution in [-0.2, 0) is 15.1 Å². The van der Waals surface area contributed by atoms with Crippen molar-refractivity contribution in [3.8, 4) is 18.1 Å². The Hall–Kier alpha value is -2.73. The maximum atomic E-state index is 11.5. The zero-order chi connectivity index (χ0) is 15.3. The van der Waals surface area contributed by atoms with Gasteiger partial charge < -0.3 is 9.47 Å². The number of hydrogen-bond donors (Lipinski definition) is 0. The van der Waals surface area contributed by atoms with Crippen molar-refractivity contribution in [2.75, 3.05) is 7.11 Å². The second-order valence-corrected chi connectivity index (χ2v) is 4.51. The Morgan fingerprint density at radius 3 is 2.10 bits per heavy atom. The molecule has 3 nitrogen and oxygen atoms in total. The molecule has 0 aliphatic heterocycles. The Kier molecular flexibility index (Phi) is 4.30. The first kappa shape index (κ1) is 14.7. The molecule has 106 valence electrons. The maximum absolute atomic E-state index is 11.5. The maximum Gasteiger partial charge on any atom is 0.304 e. The van der Waals surface area contributed by atoms with Gasteiger partial charge in [-0.25, -0.2) is 0 Å². The van der Waals surface area contributed by atoms with Crippen LogP contribution in [0.15, 0.2) is 54.6 Å². The van der Waals surface area contributed by atoms with Gasteiger partial charge >= 0.3 is 5.97 Å². The summed E-state index contributed by atoms with van der Waals surface area (Å²) >= 11 is 0. The number of benzene rings is 2. The van der Waals surface area contributed by atoms with E-state index in [-0.39, 0.29) is 0 Å². The van der Waals surface area contributed by atoms with E-state index < -0.39 is 11.6 Å². The van der Waals surface area contributed by atoms with Crippen LogP contribution in [-0.4, -0.2) is 13.1 Å². The Labute approximate surface area is 124 Å². The molecule has 0 bridgehead atoms. The SMILES string of the molecule is C#C[C@](OC(C)=O)(c1ccccc1)c1ccc(OC)cc1. The fourth-order valence-electron chi connectivity index (χ4n) is 2.19. The minimum Gasteiger partial charge on any atom is -0.497 e. The minimum atomic E-state index is -1.24. The van der Waals surface area contributed by atoms with Gasteiger partial charge in [0.05, 0.1) is 7.11 Å². The third-order valence-corrected chi connectivity index (χ3v) is 3.18. The zero-order valence-electron chi connectivity index (χ0n) is 12.0. The van der Waals surface area contributed by atoms with Gasteiger partial charge in [0.15, 0.2) is 0 Å². The quantitative estimate of drug-likeness (QED) is 0.637. The van der Waals surface area contributed by atoms with E-state index in [0.29, 0.717) is 11.3 Å². The van der Waals surface area contributed by atoms with Crippen molar-refractivity contribution in [2.24, 2.45) is 0 Å². The van der Waals surface area contributed by atoms with E-state index in [1.165, 1.54) is 6.92 Å². The van der Waals surface area contributed by atoms with Crippen molar-refractivity contribution < 1.29 is 14.3 Å². The lowest BCUT2D eigenvalue weighted by Gasteiger charge is -2.29. The molecule has 1 atom stereocenters. The predicted octanol–water partition coefficient (Wildman–Crippen LogP) is 3.14. The van der Waals surface area contributed by atoms with Gasteiger partial charge in [-0.3, -0.25) is 4.79 Å². The Morgan fingerprint density at radius 1 is 1.05 bits per heavy atom. The number of esters is 1. The van der Waals surface area contributed by atoms with Crippen LogP contribution >= 0.6 is 0 Å². The normalized spacial score (nSPS) is 12.8. The number of carbonyl (C=O) groups is 1. The topological polar surface area (TPSA) is 35.5 Å². The Morgan fingerprint density at radius 2 is 1.62 bits per heavy atom. The first-order chi connectivity index (χ1) is 10.1. The molecule has 0 radical (unpaired) electrons. The average molecular weight is 280 g/mol. The van der Waals surface area contributed by atoms with Crippen molar-refractivity contribution in [2.45, 2.75) is 12.5 Å². The summed E-state index contributed by atoms with van der Waals surface area (Å²) in [4.78, 5) is 11.5. The molecule has 3 heteroatoms. The summed E-state index contributed by atoms with van der Waals surface area (Å²) in [6.45, 7) is 1.35. The summed E-state index contributed by atoms with van der Waals surface area (Å²) in [6.07, 6.45) is 5.73. The Balaban J connectivity index is 2.59.